The molecule has 0 bridgehead atoms. The molecular formula is C54H48N4O17S4. The van der Waals surface area contributed by atoms with Crippen LogP contribution in [-0.4, -0.2) is 76.0 Å². The molecule has 0 unspecified atom stereocenters. The number of hydrogen-bond donors (Lipinski definition) is 8. The SMILES string of the molecule is Cc1ccc(C(=O)O)cc1S(=O)(=O)Nc1c(C)cc(C)c(Nc2ccc3c(-c4ccccc4S(=O)(=O)O)c4cc(S(=O)(=O)O)c(=Nc5c(C)cc(C)c(NS(=O)(=O)c6cc(C(=O)O)cc(C(=O)O)c6C)c5C)cc-4oc3c2)c1C. The van der Waals surface area contributed by atoms with Gasteiger partial charge in [0.15, 0.2) is 0 Å². The van der Waals surface area contributed by atoms with Crippen molar-refractivity contribution in [1.29, 1.82) is 0 Å². The van der Waals surface area contributed by atoms with E-state index < -0.39 is 89.4 Å². The summed E-state index contributed by atoms with van der Waals surface area (Å²) in [5.41, 5.74) is 1.72. The summed E-state index contributed by atoms with van der Waals surface area (Å²) < 4.78 is 142. The highest BCUT2D eigenvalue weighted by Crippen LogP contribution is 2.45. The Bertz CT molecular complexity index is 4510. The minimum absolute atomic E-state index is 0.0156. The molecule has 1 aliphatic heterocycles. The van der Waals surface area contributed by atoms with Crippen molar-refractivity contribution in [3.63, 3.8) is 0 Å². The molecule has 0 saturated carbocycles. The predicted octanol–water partition coefficient (Wildman–Crippen LogP) is 9.84. The highest BCUT2D eigenvalue weighted by atomic mass is 32.2. The number of sulfonamides is 2. The molecule has 0 amide bonds. The zero-order valence-corrected chi connectivity index (χ0v) is 46.2. The Morgan fingerprint density at radius 3 is 1.67 bits per heavy atom. The molecule has 1 aliphatic carbocycles. The third kappa shape index (κ3) is 10.9. The normalized spacial score (nSPS) is 12.5. The number of aryl methyl sites for hydroxylation is 5. The lowest BCUT2D eigenvalue weighted by Crippen LogP contribution is -2.19. The number of carbonyl (C=O) groups is 3. The topological polar surface area (TPSA) is 351 Å². The molecule has 21 nitrogen and oxygen atoms in total. The molecule has 25 heteroatoms. The molecule has 8 N–H and O–H groups in total. The number of nitrogens with zero attached hydrogens (tertiary/aromatic N) is 1. The summed E-state index contributed by atoms with van der Waals surface area (Å²) >= 11 is 0. The number of aromatic carboxylic acids is 3. The van der Waals surface area contributed by atoms with Crippen LogP contribution in [-0.2, 0) is 40.3 Å². The Balaban J connectivity index is 1.33. The Labute approximate surface area is 452 Å². The Morgan fingerprint density at radius 1 is 0.494 bits per heavy atom. The third-order valence-electron chi connectivity index (χ3n) is 13.2. The quantitative estimate of drug-likeness (QED) is 0.0349. The van der Waals surface area contributed by atoms with Gasteiger partial charge in [0.1, 0.15) is 21.1 Å². The summed E-state index contributed by atoms with van der Waals surface area (Å²) in [6, 6.07) is 20.7. The molecular weight excluding hydrogens is 1100 g/mol. The van der Waals surface area contributed by atoms with E-state index in [1.807, 2.05) is 0 Å². The fourth-order valence-corrected chi connectivity index (χ4v) is 13.8. The molecule has 0 fully saturated rings. The molecule has 2 aliphatic rings. The van der Waals surface area contributed by atoms with Crippen molar-refractivity contribution in [2.24, 2.45) is 4.99 Å². The molecule has 0 atom stereocenters. The molecule has 79 heavy (non-hydrogen) atoms. The number of anilines is 4. The van der Waals surface area contributed by atoms with Crippen LogP contribution >= 0.6 is 0 Å². The van der Waals surface area contributed by atoms with Crippen molar-refractivity contribution in [1.82, 2.24) is 0 Å². The van der Waals surface area contributed by atoms with E-state index >= 15 is 0 Å². The molecule has 1 heterocycles. The molecule has 0 radical (unpaired) electrons. The van der Waals surface area contributed by atoms with E-state index in [1.54, 1.807) is 39.8 Å². The zero-order valence-electron chi connectivity index (χ0n) is 43.0. The number of hydrogen-bond acceptors (Lipinski definition) is 14. The summed E-state index contributed by atoms with van der Waals surface area (Å²) in [6.07, 6.45) is 0. The molecule has 6 aromatic rings. The fraction of sp³-hybridized carbons (Fsp3) is 0.148. The van der Waals surface area contributed by atoms with Crippen LogP contribution in [0.25, 0.3) is 33.4 Å². The molecule has 410 valence electrons. The van der Waals surface area contributed by atoms with Gasteiger partial charge in [0.25, 0.3) is 40.3 Å². The van der Waals surface area contributed by atoms with Gasteiger partial charge in [0.2, 0.25) is 0 Å². The van der Waals surface area contributed by atoms with E-state index in [0.717, 1.165) is 36.4 Å². The van der Waals surface area contributed by atoms with Gasteiger partial charge in [-0.1, -0.05) is 36.4 Å². The smallest absolute Gasteiger partial charge is 0.336 e. The summed E-state index contributed by atoms with van der Waals surface area (Å²) in [7, 11) is -19.3. The number of carboxylic acid groups (broad SMARTS) is 3. The molecule has 0 saturated heterocycles. The summed E-state index contributed by atoms with van der Waals surface area (Å²) in [5, 5.41) is 32.1. The van der Waals surface area contributed by atoms with E-state index in [4.69, 9.17) is 4.42 Å². The largest absolute Gasteiger partial charge is 0.478 e. The minimum atomic E-state index is -5.25. The third-order valence-corrected chi connectivity index (χ3v) is 18.0. The maximum Gasteiger partial charge on any atom is 0.336 e. The highest BCUT2D eigenvalue weighted by molar-refractivity contribution is 7.93. The Kier molecular flexibility index (Phi) is 14.7. The maximum atomic E-state index is 14.1. The predicted molar refractivity (Wildman–Crippen MR) is 293 cm³/mol. The Hall–Kier alpha value is -8.46. The van der Waals surface area contributed by atoms with E-state index in [9.17, 15) is 72.5 Å². The van der Waals surface area contributed by atoms with Crippen molar-refractivity contribution in [3.05, 3.63) is 164 Å². The van der Waals surface area contributed by atoms with Crippen molar-refractivity contribution in [3.8, 4) is 22.5 Å². The number of carboxylic acids is 3. The molecule has 0 spiro atoms. The average molecular weight is 1150 g/mol. The van der Waals surface area contributed by atoms with Gasteiger partial charge in [-0.05, 0) is 148 Å². The lowest BCUT2D eigenvalue weighted by Gasteiger charge is -2.21. The Morgan fingerprint density at radius 2 is 1.06 bits per heavy atom. The first-order chi connectivity index (χ1) is 36.7. The van der Waals surface area contributed by atoms with E-state index in [2.05, 4.69) is 19.8 Å². The first kappa shape index (κ1) is 56.7. The van der Waals surface area contributed by atoms with Gasteiger partial charge < -0.3 is 25.1 Å². The van der Waals surface area contributed by atoms with Crippen molar-refractivity contribution in [2.45, 2.75) is 75.0 Å². The van der Waals surface area contributed by atoms with E-state index in [1.165, 1.54) is 76.2 Å². The minimum Gasteiger partial charge on any atom is -0.478 e. The maximum absolute atomic E-state index is 14.1. The number of rotatable bonds is 15. The number of benzene rings is 7. The van der Waals surface area contributed by atoms with Gasteiger partial charge in [-0.2, -0.15) is 16.8 Å². The van der Waals surface area contributed by atoms with Crippen LogP contribution in [0.5, 0.6) is 0 Å². The van der Waals surface area contributed by atoms with Gasteiger partial charge in [-0.3, -0.25) is 18.5 Å². The van der Waals surface area contributed by atoms with Gasteiger partial charge in [0, 0.05) is 45.6 Å². The van der Waals surface area contributed by atoms with Crippen LogP contribution < -0.4 is 20.1 Å². The summed E-state index contributed by atoms with van der Waals surface area (Å²) in [4.78, 5) is 38.1. The van der Waals surface area contributed by atoms with Crippen LogP contribution in [0.4, 0.5) is 28.4 Å². The van der Waals surface area contributed by atoms with Crippen molar-refractivity contribution < 1.29 is 76.9 Å². The van der Waals surface area contributed by atoms with Crippen LogP contribution in [0, 0.1) is 55.4 Å². The molecule has 6 aromatic carbocycles. The van der Waals surface area contributed by atoms with Gasteiger partial charge in [0.05, 0.1) is 48.9 Å². The average Bonchev–Trinajstić information content (AvgIpc) is 3.53. The number of fused-ring (bicyclic) bond motifs is 2. The van der Waals surface area contributed by atoms with Crippen LogP contribution in [0.3, 0.4) is 0 Å². The monoisotopic (exact) mass is 1150 g/mol. The summed E-state index contributed by atoms with van der Waals surface area (Å²) in [5.74, 6) is -4.64. The lowest BCUT2D eigenvalue weighted by molar-refractivity contribution is 0.0681. The lowest BCUT2D eigenvalue weighted by atomic mass is 9.93. The molecule has 8 rings (SSSR count). The van der Waals surface area contributed by atoms with E-state index in [-0.39, 0.29) is 72.1 Å². The first-order valence-electron chi connectivity index (χ1n) is 23.3. The second-order valence-corrected chi connectivity index (χ2v) is 24.8. The first-order valence-corrected chi connectivity index (χ1v) is 29.2. The number of nitrogens with one attached hydrogen (secondary N) is 3. The van der Waals surface area contributed by atoms with Gasteiger partial charge in [-0.15, -0.1) is 0 Å². The van der Waals surface area contributed by atoms with Crippen LogP contribution in [0.15, 0.2) is 126 Å². The van der Waals surface area contributed by atoms with Crippen LogP contribution in [0.2, 0.25) is 0 Å². The zero-order chi connectivity index (χ0) is 58.2. The van der Waals surface area contributed by atoms with Gasteiger partial charge >= 0.3 is 17.9 Å². The van der Waals surface area contributed by atoms with E-state index in [0.29, 0.717) is 44.8 Å². The molecule has 0 aromatic heterocycles. The van der Waals surface area contributed by atoms with Gasteiger partial charge in [-0.25, -0.2) is 36.2 Å². The van der Waals surface area contributed by atoms with Crippen molar-refractivity contribution >= 4 is 97.6 Å². The second kappa shape index (κ2) is 20.4. The van der Waals surface area contributed by atoms with Crippen molar-refractivity contribution in [2.75, 3.05) is 14.8 Å². The standard InChI is InChI=1S/C54H48N4O17S4/c1-25-13-14-33(52(59)60)20-44(25)76(65,66)57-50-28(4)17-26(2)48(31(50)7)55-35-15-16-36-41(22-35)75-42-24-40(46(79(72,73)74)23-39(42)47(36)37-11-9-10-12-43(37)78(69,70)71)56-49-27(3)18-29(5)51(32(49)8)58-77(67,68)45-21-34(53(61)62)19-38(30(45)6)54(63)64/h9-24,55,57-58H,1-8H3,(H,59,60)(H,61,62)(H,63,64)(H,69,70,71)(H,72,73,74). The van der Waals surface area contributed by atoms with Crippen LogP contribution in [0.1, 0.15) is 75.6 Å². The highest BCUT2D eigenvalue weighted by Gasteiger charge is 2.30. The second-order valence-electron chi connectivity index (χ2n) is 18.7. The summed E-state index contributed by atoms with van der Waals surface area (Å²) in [6.45, 7) is 12.4. The fourth-order valence-electron chi connectivity index (χ4n) is 9.48.